The highest BCUT2D eigenvalue weighted by molar-refractivity contribution is 5.75. The molecule has 1 aliphatic heterocycles. The van der Waals surface area contributed by atoms with Gasteiger partial charge in [-0.05, 0) is 31.5 Å². The molecule has 134 valence electrons. The number of nitrogens with one attached hydrogen (secondary N) is 1. The Bertz CT molecular complexity index is 577. The van der Waals surface area contributed by atoms with Crippen LogP contribution in [-0.2, 0) is 0 Å². The fourth-order valence-electron chi connectivity index (χ4n) is 2.58. The lowest BCUT2D eigenvalue weighted by Crippen LogP contribution is -2.49. The van der Waals surface area contributed by atoms with E-state index in [2.05, 4.69) is 5.32 Å². The molecule has 2 amide bonds. The first-order valence-electron chi connectivity index (χ1n) is 7.73. The maximum atomic E-state index is 12.8. The molecule has 5 nitrogen and oxygen atoms in total. The predicted octanol–water partition coefficient (Wildman–Crippen LogP) is 2.86. The molecule has 1 aromatic carbocycles. The van der Waals surface area contributed by atoms with Crippen molar-refractivity contribution in [1.29, 1.82) is 0 Å². The molecular weight excluding hydrogens is 325 g/mol. The van der Waals surface area contributed by atoms with Crippen LogP contribution < -0.4 is 10.1 Å². The van der Waals surface area contributed by atoms with E-state index in [1.54, 1.807) is 31.2 Å². The summed E-state index contributed by atoms with van der Waals surface area (Å²) in [5, 5.41) is 12.3. The molecule has 0 saturated carbocycles. The van der Waals surface area contributed by atoms with Crippen LogP contribution >= 0.6 is 0 Å². The van der Waals surface area contributed by atoms with E-state index in [0.29, 0.717) is 12.4 Å². The molecule has 2 N–H and O–H groups in total. The zero-order chi connectivity index (χ0) is 18.0. The van der Waals surface area contributed by atoms with Crippen LogP contribution in [0.3, 0.4) is 0 Å². The number of alkyl halides is 3. The fraction of sp³-hybridized carbons (Fsp3) is 0.562. The number of rotatable bonds is 4. The van der Waals surface area contributed by atoms with Crippen molar-refractivity contribution >= 4 is 6.03 Å². The summed E-state index contributed by atoms with van der Waals surface area (Å²) in [6.45, 7) is 3.26. The average molecular weight is 346 g/mol. The van der Waals surface area contributed by atoms with Gasteiger partial charge in [-0.2, -0.15) is 13.2 Å². The lowest BCUT2D eigenvalue weighted by molar-refractivity contribution is -0.253. The maximum Gasteiger partial charge on any atom is 0.419 e. The number of urea groups is 1. The standard InChI is InChI=1S/C16H21F3N2O3/c1-3-24-13-6-4-12(5-7-13)11(2)20-14(22)21-9-8-15(23,10-21)16(17,18)19/h4-7,11,23H,3,8-10H2,1-2H3,(H,20,22)/t11-,15-/m0/s1. The number of halogens is 3. The van der Waals surface area contributed by atoms with Gasteiger partial charge in [-0.3, -0.25) is 0 Å². The number of amides is 2. The molecular formula is C16H21F3N2O3. The van der Waals surface area contributed by atoms with Crippen molar-refractivity contribution in [2.75, 3.05) is 19.7 Å². The predicted molar refractivity (Wildman–Crippen MR) is 81.8 cm³/mol. The van der Waals surface area contributed by atoms with Gasteiger partial charge in [0.05, 0.1) is 19.2 Å². The van der Waals surface area contributed by atoms with Crippen molar-refractivity contribution in [3.8, 4) is 5.75 Å². The molecule has 0 radical (unpaired) electrons. The van der Waals surface area contributed by atoms with Gasteiger partial charge in [0.25, 0.3) is 0 Å². The molecule has 1 aromatic rings. The Hall–Kier alpha value is -1.96. The van der Waals surface area contributed by atoms with Crippen molar-refractivity contribution in [2.24, 2.45) is 0 Å². The summed E-state index contributed by atoms with van der Waals surface area (Å²) >= 11 is 0. The van der Waals surface area contributed by atoms with Crippen LogP contribution in [0.4, 0.5) is 18.0 Å². The summed E-state index contributed by atoms with van der Waals surface area (Å²) in [7, 11) is 0. The normalized spacial score (nSPS) is 22.3. The first kappa shape index (κ1) is 18.4. The summed E-state index contributed by atoms with van der Waals surface area (Å²) in [5.74, 6) is 0.703. The highest BCUT2D eigenvalue weighted by atomic mass is 19.4. The van der Waals surface area contributed by atoms with Crippen LogP contribution in [0.2, 0.25) is 0 Å². The van der Waals surface area contributed by atoms with E-state index in [-0.39, 0.29) is 12.6 Å². The van der Waals surface area contributed by atoms with Gasteiger partial charge in [-0.1, -0.05) is 12.1 Å². The number of aliphatic hydroxyl groups is 1. The summed E-state index contributed by atoms with van der Waals surface area (Å²) in [5.41, 5.74) is -2.02. The number of carbonyl (C=O) groups is 1. The number of β-amino-alcohol motifs (C(OH)–C–C–N with tert-alkyl or cyclic N) is 1. The molecule has 2 rings (SSSR count). The van der Waals surface area contributed by atoms with Crippen LogP contribution in [0.1, 0.15) is 31.9 Å². The second-order valence-electron chi connectivity index (χ2n) is 5.87. The van der Waals surface area contributed by atoms with Gasteiger partial charge in [-0.25, -0.2) is 4.79 Å². The molecule has 1 aliphatic rings. The number of likely N-dealkylation sites (tertiary alicyclic amines) is 1. The van der Waals surface area contributed by atoms with Gasteiger partial charge in [0.2, 0.25) is 0 Å². The number of hydrogen-bond donors (Lipinski definition) is 2. The number of ether oxygens (including phenoxy) is 1. The van der Waals surface area contributed by atoms with E-state index < -0.39 is 30.8 Å². The van der Waals surface area contributed by atoms with Crippen molar-refractivity contribution in [3.05, 3.63) is 29.8 Å². The SMILES string of the molecule is CCOc1ccc([C@H](C)NC(=O)N2CC[C@@](O)(C(F)(F)F)C2)cc1. The lowest BCUT2D eigenvalue weighted by Gasteiger charge is -2.26. The number of nitrogens with zero attached hydrogens (tertiary/aromatic N) is 1. The van der Waals surface area contributed by atoms with E-state index in [4.69, 9.17) is 4.74 Å². The monoisotopic (exact) mass is 346 g/mol. The van der Waals surface area contributed by atoms with Crippen LogP contribution in [0.5, 0.6) is 5.75 Å². The van der Waals surface area contributed by atoms with Gasteiger partial charge in [-0.15, -0.1) is 0 Å². The van der Waals surface area contributed by atoms with E-state index in [0.717, 1.165) is 10.5 Å². The van der Waals surface area contributed by atoms with Crippen LogP contribution in [0.25, 0.3) is 0 Å². The van der Waals surface area contributed by atoms with Gasteiger partial charge in [0, 0.05) is 13.0 Å². The van der Waals surface area contributed by atoms with Crippen molar-refractivity contribution < 1.29 is 27.8 Å². The van der Waals surface area contributed by atoms with Crippen LogP contribution in [0.15, 0.2) is 24.3 Å². The minimum absolute atomic E-state index is 0.141. The molecule has 2 atom stereocenters. The molecule has 0 bridgehead atoms. The molecule has 24 heavy (non-hydrogen) atoms. The molecule has 8 heteroatoms. The molecule has 1 heterocycles. The Morgan fingerprint density at radius 1 is 1.42 bits per heavy atom. The van der Waals surface area contributed by atoms with E-state index >= 15 is 0 Å². The molecule has 0 spiro atoms. The number of benzene rings is 1. The summed E-state index contributed by atoms with van der Waals surface area (Å²) in [6.07, 6.45) is -5.26. The Balaban J connectivity index is 1.95. The number of carbonyl (C=O) groups excluding carboxylic acids is 1. The Morgan fingerprint density at radius 3 is 2.54 bits per heavy atom. The van der Waals surface area contributed by atoms with Gasteiger partial charge in [0.1, 0.15) is 5.75 Å². The zero-order valence-electron chi connectivity index (χ0n) is 13.6. The average Bonchev–Trinajstić information content (AvgIpc) is 2.92. The third-order valence-electron chi connectivity index (χ3n) is 4.09. The molecule has 0 aliphatic carbocycles. The Labute approximate surface area is 138 Å². The van der Waals surface area contributed by atoms with Crippen molar-refractivity contribution in [3.63, 3.8) is 0 Å². The third kappa shape index (κ3) is 3.92. The van der Waals surface area contributed by atoms with Crippen LogP contribution in [0, 0.1) is 0 Å². The molecule has 0 aromatic heterocycles. The molecule has 1 fully saturated rings. The van der Waals surface area contributed by atoms with Gasteiger partial charge < -0.3 is 20.1 Å². The summed E-state index contributed by atoms with van der Waals surface area (Å²) in [4.78, 5) is 13.1. The van der Waals surface area contributed by atoms with Gasteiger partial charge in [0.15, 0.2) is 5.60 Å². The topological polar surface area (TPSA) is 61.8 Å². The van der Waals surface area contributed by atoms with E-state index in [1.165, 1.54) is 0 Å². The van der Waals surface area contributed by atoms with E-state index in [1.807, 2.05) is 6.92 Å². The first-order valence-corrected chi connectivity index (χ1v) is 7.73. The van der Waals surface area contributed by atoms with Crippen LogP contribution in [-0.4, -0.2) is 47.5 Å². The highest BCUT2D eigenvalue weighted by Crippen LogP contribution is 2.37. The summed E-state index contributed by atoms with van der Waals surface area (Å²) in [6, 6.07) is 6.08. The highest BCUT2D eigenvalue weighted by Gasteiger charge is 2.57. The van der Waals surface area contributed by atoms with Crippen molar-refractivity contribution in [2.45, 2.75) is 38.1 Å². The second kappa shape index (κ2) is 6.88. The minimum Gasteiger partial charge on any atom is -0.494 e. The number of hydrogen-bond acceptors (Lipinski definition) is 3. The fourth-order valence-corrected chi connectivity index (χ4v) is 2.58. The first-order chi connectivity index (χ1) is 11.2. The third-order valence-corrected chi connectivity index (χ3v) is 4.09. The summed E-state index contributed by atoms with van der Waals surface area (Å²) < 4.78 is 43.7. The quantitative estimate of drug-likeness (QED) is 0.881. The Kier molecular flexibility index (Phi) is 5.27. The van der Waals surface area contributed by atoms with E-state index in [9.17, 15) is 23.1 Å². The molecule has 0 unspecified atom stereocenters. The smallest absolute Gasteiger partial charge is 0.419 e. The zero-order valence-corrected chi connectivity index (χ0v) is 13.6. The van der Waals surface area contributed by atoms with Crippen molar-refractivity contribution in [1.82, 2.24) is 10.2 Å². The largest absolute Gasteiger partial charge is 0.494 e. The molecule has 1 saturated heterocycles. The lowest BCUT2D eigenvalue weighted by atomic mass is 10.0. The Morgan fingerprint density at radius 2 is 2.04 bits per heavy atom. The van der Waals surface area contributed by atoms with Gasteiger partial charge >= 0.3 is 12.2 Å². The minimum atomic E-state index is -4.75. The maximum absolute atomic E-state index is 12.8. The second-order valence-corrected chi connectivity index (χ2v) is 5.87.